The molecule has 1 saturated heterocycles. The maximum absolute atomic E-state index is 13.6. The van der Waals surface area contributed by atoms with Crippen molar-refractivity contribution >= 4 is 23.7 Å². The highest BCUT2D eigenvalue weighted by atomic mass is 19.4. The normalized spacial score (nSPS) is 27.5. The number of amides is 2. The van der Waals surface area contributed by atoms with Gasteiger partial charge in [0, 0.05) is 24.8 Å². The number of ether oxygens (including phenoxy) is 1. The average molecular weight is 632 g/mol. The van der Waals surface area contributed by atoms with Crippen molar-refractivity contribution in [3.63, 3.8) is 0 Å². The maximum atomic E-state index is 13.6. The summed E-state index contributed by atoms with van der Waals surface area (Å²) in [7, 11) is 0. The molecule has 1 fully saturated rings. The van der Waals surface area contributed by atoms with Gasteiger partial charge in [0.05, 0.1) is 23.8 Å². The van der Waals surface area contributed by atoms with Crippen molar-refractivity contribution in [3.8, 4) is 5.75 Å². The number of fused-ring (bicyclic) bond motifs is 1. The number of aliphatic imine (C=N–C) groups is 2. The van der Waals surface area contributed by atoms with Crippen LogP contribution in [0.3, 0.4) is 0 Å². The molecule has 0 unspecified atom stereocenters. The third-order valence-electron chi connectivity index (χ3n) is 8.86. The summed E-state index contributed by atoms with van der Waals surface area (Å²) in [4.78, 5) is 40.1. The highest BCUT2D eigenvalue weighted by molar-refractivity contribution is 5.98. The number of nitrogens with zero attached hydrogens (tertiary/aromatic N) is 4. The fourth-order valence-corrected chi connectivity index (χ4v) is 6.45. The van der Waals surface area contributed by atoms with Crippen LogP contribution in [0.2, 0.25) is 0 Å². The van der Waals surface area contributed by atoms with Gasteiger partial charge in [-0.3, -0.25) is 14.6 Å². The Bertz CT molecular complexity index is 1630. The van der Waals surface area contributed by atoms with E-state index in [1.807, 2.05) is 19.9 Å². The van der Waals surface area contributed by atoms with Gasteiger partial charge in [-0.1, -0.05) is 26.0 Å². The maximum Gasteiger partial charge on any atom is 0.416 e. The van der Waals surface area contributed by atoms with E-state index in [9.17, 15) is 33.0 Å². The van der Waals surface area contributed by atoms with Crippen LogP contribution in [-0.2, 0) is 11.6 Å². The number of rotatable bonds is 5. The molecule has 240 valence electrons. The summed E-state index contributed by atoms with van der Waals surface area (Å²) in [6.07, 6.45) is -3.06. The van der Waals surface area contributed by atoms with Gasteiger partial charge in [-0.05, 0) is 30.0 Å². The number of nitrogens with two attached hydrogens (primary N) is 2. The van der Waals surface area contributed by atoms with Crippen LogP contribution in [0, 0.1) is 0 Å². The van der Waals surface area contributed by atoms with E-state index in [0.29, 0.717) is 18.4 Å². The number of aromatic nitrogens is 1. The molecule has 2 aromatic rings. The fraction of sp³-hybridized carbons (Fsp3) is 0.464. The summed E-state index contributed by atoms with van der Waals surface area (Å²) >= 11 is 0. The predicted octanol–water partition coefficient (Wildman–Crippen LogP) is -0.635. The number of halogens is 3. The van der Waals surface area contributed by atoms with E-state index in [2.05, 4.69) is 30.9 Å². The lowest BCUT2D eigenvalue weighted by Crippen LogP contribution is -2.78. The van der Waals surface area contributed by atoms with Crippen LogP contribution in [-0.4, -0.2) is 93.1 Å². The molecule has 4 atom stereocenters. The number of hydrogen-bond acceptors (Lipinski definition) is 12. The predicted molar refractivity (Wildman–Crippen MR) is 153 cm³/mol. The lowest BCUT2D eigenvalue weighted by Gasteiger charge is -2.49. The molecule has 4 aliphatic rings. The SMILES string of the molecule is CC1(C)CCOc2c(C(=O)N[C@H]3CN4C(N)=N[C@@H](CNC(=O)c5cc(C(F)(F)F)ccn5)[C@@H]5N=C(N)N[C@@]54C3(O)O)cccc21. The van der Waals surface area contributed by atoms with Crippen molar-refractivity contribution in [2.75, 3.05) is 19.7 Å². The van der Waals surface area contributed by atoms with E-state index >= 15 is 0 Å². The van der Waals surface area contributed by atoms with Crippen molar-refractivity contribution in [1.82, 2.24) is 25.8 Å². The van der Waals surface area contributed by atoms with E-state index in [1.54, 1.807) is 12.1 Å². The first kappa shape index (κ1) is 30.4. The molecule has 1 spiro atoms. The lowest BCUT2D eigenvalue weighted by atomic mass is 9.79. The van der Waals surface area contributed by atoms with Crippen LogP contribution in [0.15, 0.2) is 46.5 Å². The second-order valence-corrected chi connectivity index (χ2v) is 12.1. The van der Waals surface area contributed by atoms with Gasteiger partial charge in [0.15, 0.2) is 17.6 Å². The molecular weight excluding hydrogens is 599 g/mol. The lowest BCUT2D eigenvalue weighted by molar-refractivity contribution is -0.230. The molecule has 0 radical (unpaired) electrons. The van der Waals surface area contributed by atoms with Gasteiger partial charge in [-0.2, -0.15) is 13.2 Å². The number of carbonyl (C=O) groups is 2. The number of aliphatic hydroxyl groups is 2. The summed E-state index contributed by atoms with van der Waals surface area (Å²) < 4.78 is 45.3. The minimum atomic E-state index is -4.68. The van der Waals surface area contributed by atoms with Gasteiger partial charge in [-0.15, -0.1) is 0 Å². The molecule has 1 aromatic heterocycles. The Labute approximate surface area is 254 Å². The summed E-state index contributed by atoms with van der Waals surface area (Å²) in [6, 6.07) is 2.99. The zero-order chi connectivity index (χ0) is 32.5. The second-order valence-electron chi connectivity index (χ2n) is 12.1. The van der Waals surface area contributed by atoms with Gasteiger partial charge in [-0.25, -0.2) is 9.98 Å². The van der Waals surface area contributed by atoms with E-state index in [1.165, 1.54) is 4.90 Å². The van der Waals surface area contributed by atoms with Gasteiger partial charge in [0.25, 0.3) is 11.8 Å². The minimum Gasteiger partial charge on any atom is -0.492 e. The molecule has 0 bridgehead atoms. The van der Waals surface area contributed by atoms with E-state index < -0.39 is 58.8 Å². The molecule has 2 amide bonds. The molecule has 0 saturated carbocycles. The topological polar surface area (TPSA) is 213 Å². The van der Waals surface area contributed by atoms with Crippen LogP contribution in [0.4, 0.5) is 13.2 Å². The fourth-order valence-electron chi connectivity index (χ4n) is 6.45. The van der Waals surface area contributed by atoms with Crippen molar-refractivity contribution < 1.29 is 37.7 Å². The molecule has 4 aliphatic heterocycles. The molecule has 9 N–H and O–H groups in total. The van der Waals surface area contributed by atoms with Crippen LogP contribution in [0.1, 0.15) is 52.2 Å². The van der Waals surface area contributed by atoms with Gasteiger partial charge >= 0.3 is 6.18 Å². The second kappa shape index (κ2) is 10.2. The first-order valence-electron chi connectivity index (χ1n) is 14.1. The largest absolute Gasteiger partial charge is 0.492 e. The summed E-state index contributed by atoms with van der Waals surface area (Å²) in [6.45, 7) is 3.96. The third-order valence-corrected chi connectivity index (χ3v) is 8.86. The quantitative estimate of drug-likeness (QED) is 0.208. The Morgan fingerprint density at radius 2 is 1.93 bits per heavy atom. The van der Waals surface area contributed by atoms with Gasteiger partial charge in [0.2, 0.25) is 5.79 Å². The number of guanidine groups is 2. The third kappa shape index (κ3) is 4.77. The number of nitrogens with one attached hydrogen (secondary N) is 3. The van der Waals surface area contributed by atoms with Gasteiger partial charge < -0.3 is 47.3 Å². The number of carbonyl (C=O) groups excluding carboxylic acids is 2. The van der Waals surface area contributed by atoms with E-state index in [-0.39, 0.29) is 36.0 Å². The minimum absolute atomic E-state index is 0.175. The summed E-state index contributed by atoms with van der Waals surface area (Å²) in [5.74, 6) is -4.24. The highest BCUT2D eigenvalue weighted by Crippen LogP contribution is 2.45. The number of benzene rings is 1. The zero-order valence-corrected chi connectivity index (χ0v) is 24.2. The first-order valence-corrected chi connectivity index (χ1v) is 14.1. The van der Waals surface area contributed by atoms with Crippen molar-refractivity contribution in [2.45, 2.75) is 61.4 Å². The molecule has 17 heteroatoms. The Morgan fingerprint density at radius 3 is 2.67 bits per heavy atom. The van der Waals surface area contributed by atoms with Crippen LogP contribution >= 0.6 is 0 Å². The Morgan fingerprint density at radius 1 is 1.18 bits per heavy atom. The highest BCUT2D eigenvalue weighted by Gasteiger charge is 2.73. The first-order chi connectivity index (χ1) is 21.1. The summed E-state index contributed by atoms with van der Waals surface area (Å²) in [5.41, 5.74) is 9.66. The van der Waals surface area contributed by atoms with Crippen molar-refractivity contribution in [2.24, 2.45) is 21.5 Å². The molecule has 45 heavy (non-hydrogen) atoms. The summed E-state index contributed by atoms with van der Waals surface area (Å²) in [5, 5.41) is 31.4. The Hall–Kier alpha value is -4.64. The van der Waals surface area contributed by atoms with Crippen LogP contribution < -0.4 is 32.2 Å². The van der Waals surface area contributed by atoms with Gasteiger partial charge in [0.1, 0.15) is 23.5 Å². The number of pyridine rings is 1. The van der Waals surface area contributed by atoms with E-state index in [0.717, 1.165) is 24.2 Å². The number of para-hydroxylation sites is 1. The number of hydrogen-bond donors (Lipinski definition) is 7. The molecule has 6 rings (SSSR count). The molecule has 0 aliphatic carbocycles. The van der Waals surface area contributed by atoms with E-state index in [4.69, 9.17) is 16.2 Å². The molecular formula is C28H32F3N9O5. The van der Waals surface area contributed by atoms with Crippen molar-refractivity contribution in [3.05, 3.63) is 58.9 Å². The standard InChI is InChI=1S/C28H32F3N9O5/c1-25(2)7-9-45-19-14(4-3-5-15(19)25)21(41)37-18-12-40-24(33)36-17(20-26(40,27(18,43)44)39-23(32)38-20)11-35-22(42)16-10-13(6-8-34-16)28(29,30)31/h3-6,8,10,17-18,20,43-44H,7,9,11-12H2,1-2H3,(H2,33,36)(H,35,42)(H,37,41)(H3,32,38,39)/t17-,18-,20-,26-/m0/s1. The van der Waals surface area contributed by atoms with Crippen LogP contribution in [0.5, 0.6) is 5.75 Å². The Kier molecular flexibility index (Phi) is 6.89. The molecule has 1 aromatic carbocycles. The monoisotopic (exact) mass is 631 g/mol. The molecule has 5 heterocycles. The molecule has 14 nitrogen and oxygen atoms in total. The smallest absolute Gasteiger partial charge is 0.416 e. The number of alkyl halides is 3. The average Bonchev–Trinajstić information content (AvgIpc) is 3.44. The van der Waals surface area contributed by atoms with Crippen LogP contribution in [0.25, 0.3) is 0 Å². The Balaban J connectivity index is 1.24. The zero-order valence-electron chi connectivity index (χ0n) is 24.2. The van der Waals surface area contributed by atoms with Crippen molar-refractivity contribution in [1.29, 1.82) is 0 Å².